The van der Waals surface area contributed by atoms with Gasteiger partial charge in [-0.25, -0.2) is 4.98 Å². The molecule has 0 bridgehead atoms. The quantitative estimate of drug-likeness (QED) is 0.656. The summed E-state index contributed by atoms with van der Waals surface area (Å²) in [5.41, 5.74) is 0.627. The first kappa shape index (κ1) is 8.82. The molecule has 1 aromatic heterocycles. The van der Waals surface area contributed by atoms with E-state index in [0.29, 0.717) is 16.6 Å². The van der Waals surface area contributed by atoms with Gasteiger partial charge in [-0.15, -0.1) is 0 Å². The molecule has 1 heterocycles. The second-order valence-corrected chi connectivity index (χ2v) is 2.54. The molecule has 62 valence electrons. The molecule has 0 saturated heterocycles. The van der Waals surface area contributed by atoms with Gasteiger partial charge in [0, 0.05) is 12.1 Å². The number of aromatic nitrogens is 1. The molecule has 0 spiro atoms. The predicted octanol–water partition coefficient (Wildman–Crippen LogP) is 1.81. The van der Waals surface area contributed by atoms with Crippen LogP contribution in [0.4, 0.5) is 0 Å². The van der Waals surface area contributed by atoms with E-state index in [4.69, 9.17) is 21.6 Å². The maximum atomic E-state index is 8.40. The van der Waals surface area contributed by atoms with Gasteiger partial charge in [0.2, 0.25) is 0 Å². The third-order valence-corrected chi connectivity index (χ3v) is 1.51. The second kappa shape index (κ2) is 3.93. The normalized spacial score (nSPS) is 9.08. The summed E-state index contributed by atoms with van der Waals surface area (Å²) in [6, 6.07) is 5.28. The molecule has 0 aliphatic carbocycles. The van der Waals surface area contributed by atoms with Crippen LogP contribution in [0.25, 0.3) is 0 Å². The van der Waals surface area contributed by atoms with E-state index in [-0.39, 0.29) is 6.42 Å². The largest absolute Gasteiger partial charge is 0.497 e. The van der Waals surface area contributed by atoms with E-state index < -0.39 is 0 Å². The Morgan fingerprint density at radius 2 is 2.42 bits per heavy atom. The molecule has 0 amide bonds. The van der Waals surface area contributed by atoms with E-state index in [0.717, 1.165) is 0 Å². The van der Waals surface area contributed by atoms with Gasteiger partial charge in [0.1, 0.15) is 10.9 Å². The Bertz CT molecular complexity index is 319. The summed E-state index contributed by atoms with van der Waals surface area (Å²) < 4.78 is 4.95. The monoisotopic (exact) mass is 182 g/mol. The molecule has 0 aliphatic heterocycles. The molecule has 3 nitrogen and oxygen atoms in total. The summed E-state index contributed by atoms with van der Waals surface area (Å²) in [4.78, 5) is 3.93. The van der Waals surface area contributed by atoms with Gasteiger partial charge in [-0.2, -0.15) is 5.26 Å². The Labute approximate surface area is 75.6 Å². The Morgan fingerprint density at radius 3 is 3.00 bits per heavy atom. The van der Waals surface area contributed by atoms with E-state index in [1.807, 2.05) is 6.07 Å². The van der Waals surface area contributed by atoms with E-state index in [9.17, 15) is 0 Å². The molecule has 0 atom stereocenters. The predicted molar refractivity (Wildman–Crippen MR) is 45.1 cm³/mol. The van der Waals surface area contributed by atoms with E-state index in [1.54, 1.807) is 19.2 Å². The zero-order valence-electron chi connectivity index (χ0n) is 6.54. The Hall–Kier alpha value is -1.27. The molecular weight excluding hydrogens is 176 g/mol. The number of ether oxygens (including phenoxy) is 1. The summed E-state index contributed by atoms with van der Waals surface area (Å²) in [6.45, 7) is 0. The lowest BCUT2D eigenvalue weighted by atomic mass is 10.3. The van der Waals surface area contributed by atoms with Crippen LogP contribution in [0.1, 0.15) is 5.69 Å². The zero-order chi connectivity index (χ0) is 8.97. The minimum atomic E-state index is 0.247. The van der Waals surface area contributed by atoms with Crippen LogP contribution in [0.2, 0.25) is 5.15 Å². The molecular formula is C8H7ClN2O. The summed E-state index contributed by atoms with van der Waals surface area (Å²) in [6.07, 6.45) is 0.247. The number of pyridine rings is 1. The molecule has 1 aromatic rings. The van der Waals surface area contributed by atoms with Gasteiger partial charge in [0.25, 0.3) is 0 Å². The van der Waals surface area contributed by atoms with Gasteiger partial charge in [0.05, 0.1) is 25.3 Å². The number of methoxy groups -OCH3 is 1. The average Bonchev–Trinajstić information content (AvgIpc) is 2.04. The molecule has 0 N–H and O–H groups in total. The van der Waals surface area contributed by atoms with Gasteiger partial charge in [-0.1, -0.05) is 11.6 Å². The smallest absolute Gasteiger partial charge is 0.133 e. The number of nitriles is 1. The molecule has 0 unspecified atom stereocenters. The first-order valence-electron chi connectivity index (χ1n) is 3.33. The highest BCUT2D eigenvalue weighted by atomic mass is 35.5. The highest BCUT2D eigenvalue weighted by Crippen LogP contribution is 2.17. The number of rotatable bonds is 2. The van der Waals surface area contributed by atoms with E-state index >= 15 is 0 Å². The first-order chi connectivity index (χ1) is 5.76. The van der Waals surface area contributed by atoms with Crippen LogP contribution in [0.15, 0.2) is 12.1 Å². The maximum absolute atomic E-state index is 8.40. The van der Waals surface area contributed by atoms with Crippen LogP contribution in [0, 0.1) is 11.3 Å². The average molecular weight is 183 g/mol. The fourth-order valence-electron chi connectivity index (χ4n) is 0.814. The SMILES string of the molecule is COc1cc(Cl)nc(CC#N)c1. The minimum Gasteiger partial charge on any atom is -0.497 e. The van der Waals surface area contributed by atoms with Crippen LogP contribution >= 0.6 is 11.6 Å². The van der Waals surface area contributed by atoms with Crippen molar-refractivity contribution in [2.24, 2.45) is 0 Å². The Kier molecular flexibility index (Phi) is 2.89. The van der Waals surface area contributed by atoms with Crippen LogP contribution in [-0.4, -0.2) is 12.1 Å². The van der Waals surface area contributed by atoms with Gasteiger partial charge in [-0.3, -0.25) is 0 Å². The lowest BCUT2D eigenvalue weighted by molar-refractivity contribution is 0.413. The van der Waals surface area contributed by atoms with Crippen LogP contribution < -0.4 is 4.74 Å². The topological polar surface area (TPSA) is 45.9 Å². The van der Waals surface area contributed by atoms with Crippen LogP contribution in [-0.2, 0) is 6.42 Å². The van der Waals surface area contributed by atoms with Crippen molar-refractivity contribution in [3.8, 4) is 11.8 Å². The fourth-order valence-corrected chi connectivity index (χ4v) is 1.03. The van der Waals surface area contributed by atoms with Gasteiger partial charge < -0.3 is 4.74 Å². The van der Waals surface area contributed by atoms with Crippen molar-refractivity contribution in [2.75, 3.05) is 7.11 Å². The van der Waals surface area contributed by atoms with Gasteiger partial charge in [0.15, 0.2) is 0 Å². The molecule has 0 fully saturated rings. The highest BCUT2D eigenvalue weighted by Gasteiger charge is 2.00. The maximum Gasteiger partial charge on any atom is 0.133 e. The molecule has 0 aromatic carbocycles. The van der Waals surface area contributed by atoms with Crippen molar-refractivity contribution in [3.63, 3.8) is 0 Å². The summed E-state index contributed by atoms with van der Waals surface area (Å²) in [5, 5.41) is 8.75. The summed E-state index contributed by atoms with van der Waals surface area (Å²) in [7, 11) is 1.54. The van der Waals surface area contributed by atoms with Gasteiger partial charge in [-0.05, 0) is 0 Å². The standard InChI is InChI=1S/C8H7ClN2O/c1-12-7-4-6(2-3-10)11-8(9)5-7/h4-5H,2H2,1H3. The van der Waals surface area contributed by atoms with E-state index in [2.05, 4.69) is 4.98 Å². The lowest BCUT2D eigenvalue weighted by Crippen LogP contribution is -1.91. The number of halogens is 1. The van der Waals surface area contributed by atoms with Crippen molar-refractivity contribution in [3.05, 3.63) is 23.0 Å². The lowest BCUT2D eigenvalue weighted by Gasteiger charge is -2.01. The summed E-state index contributed by atoms with van der Waals surface area (Å²) in [5.74, 6) is 0.625. The van der Waals surface area contributed by atoms with Crippen molar-refractivity contribution < 1.29 is 4.74 Å². The minimum absolute atomic E-state index is 0.247. The van der Waals surface area contributed by atoms with Crippen LogP contribution in [0.3, 0.4) is 0 Å². The zero-order valence-corrected chi connectivity index (χ0v) is 7.30. The van der Waals surface area contributed by atoms with Crippen molar-refractivity contribution in [1.82, 2.24) is 4.98 Å². The number of nitrogens with zero attached hydrogens (tertiary/aromatic N) is 2. The number of hydrogen-bond donors (Lipinski definition) is 0. The molecule has 4 heteroatoms. The fraction of sp³-hybridized carbons (Fsp3) is 0.250. The molecule has 0 radical (unpaired) electrons. The number of hydrogen-bond acceptors (Lipinski definition) is 3. The Balaban J connectivity index is 2.99. The van der Waals surface area contributed by atoms with E-state index in [1.165, 1.54) is 0 Å². The van der Waals surface area contributed by atoms with Gasteiger partial charge >= 0.3 is 0 Å². The molecule has 0 aliphatic rings. The molecule has 1 rings (SSSR count). The van der Waals surface area contributed by atoms with Crippen LogP contribution in [0.5, 0.6) is 5.75 Å². The molecule has 0 saturated carbocycles. The van der Waals surface area contributed by atoms with Crippen molar-refractivity contribution in [2.45, 2.75) is 6.42 Å². The Morgan fingerprint density at radius 1 is 1.67 bits per heavy atom. The molecule has 12 heavy (non-hydrogen) atoms. The summed E-state index contributed by atoms with van der Waals surface area (Å²) >= 11 is 5.66. The second-order valence-electron chi connectivity index (χ2n) is 2.16. The first-order valence-corrected chi connectivity index (χ1v) is 3.71. The third kappa shape index (κ3) is 2.11. The third-order valence-electron chi connectivity index (χ3n) is 1.32. The highest BCUT2D eigenvalue weighted by molar-refractivity contribution is 6.29. The van der Waals surface area contributed by atoms with Crippen molar-refractivity contribution in [1.29, 1.82) is 5.26 Å². The van der Waals surface area contributed by atoms with Crippen molar-refractivity contribution >= 4 is 11.6 Å².